The van der Waals surface area contributed by atoms with E-state index in [0.29, 0.717) is 17.4 Å². The number of aliphatic imine (C=N–C) groups is 1. The van der Waals surface area contributed by atoms with E-state index in [2.05, 4.69) is 4.99 Å². The van der Waals surface area contributed by atoms with E-state index >= 15 is 0 Å². The van der Waals surface area contributed by atoms with Crippen molar-refractivity contribution in [1.82, 2.24) is 0 Å². The summed E-state index contributed by atoms with van der Waals surface area (Å²) in [5.74, 6) is 0.441. The molecule has 1 aromatic carbocycles. The second-order valence-electron chi connectivity index (χ2n) is 3.13. The van der Waals surface area contributed by atoms with Gasteiger partial charge in [0.15, 0.2) is 6.29 Å². The maximum absolute atomic E-state index is 5.80. The van der Waals surface area contributed by atoms with Crippen LogP contribution in [0.1, 0.15) is 5.56 Å². The standard InChI is InChI=1S/C11H15ClN2O2/c1-15-10(16-2)7-14-11(13)8-3-5-9(12)6-4-8/h3-6,10H,7H2,1-2H3,(H2,13,14). The predicted molar refractivity (Wildman–Crippen MR) is 64.8 cm³/mol. The molecule has 0 aliphatic carbocycles. The molecule has 0 aliphatic heterocycles. The lowest BCUT2D eigenvalue weighted by Gasteiger charge is -2.10. The highest BCUT2D eigenvalue weighted by Gasteiger charge is 2.04. The van der Waals surface area contributed by atoms with Crippen LogP contribution in [0.4, 0.5) is 0 Å². The predicted octanol–water partition coefficient (Wildman–Crippen LogP) is 1.66. The number of ether oxygens (including phenoxy) is 2. The summed E-state index contributed by atoms with van der Waals surface area (Å²) in [4.78, 5) is 4.17. The van der Waals surface area contributed by atoms with Gasteiger partial charge in [-0.2, -0.15) is 0 Å². The van der Waals surface area contributed by atoms with Crippen LogP contribution in [-0.4, -0.2) is 32.9 Å². The summed E-state index contributed by atoms with van der Waals surface area (Å²) in [7, 11) is 3.12. The monoisotopic (exact) mass is 242 g/mol. The van der Waals surface area contributed by atoms with Crippen molar-refractivity contribution in [3.05, 3.63) is 34.9 Å². The molecule has 0 saturated carbocycles. The Bertz CT molecular complexity index is 348. The second kappa shape index (κ2) is 6.48. The third-order valence-corrected chi connectivity index (χ3v) is 2.33. The normalized spacial score (nSPS) is 12.1. The van der Waals surface area contributed by atoms with Gasteiger partial charge >= 0.3 is 0 Å². The number of rotatable bonds is 5. The first kappa shape index (κ1) is 13.0. The topological polar surface area (TPSA) is 56.8 Å². The third-order valence-electron chi connectivity index (χ3n) is 2.08. The highest BCUT2D eigenvalue weighted by molar-refractivity contribution is 6.30. The van der Waals surface area contributed by atoms with E-state index in [1.807, 2.05) is 12.1 Å². The van der Waals surface area contributed by atoms with E-state index in [9.17, 15) is 0 Å². The lowest BCUT2D eigenvalue weighted by molar-refractivity contribution is -0.0936. The SMILES string of the molecule is COC(CN=C(N)c1ccc(Cl)cc1)OC. The molecule has 88 valence electrons. The van der Waals surface area contributed by atoms with Crippen LogP contribution < -0.4 is 5.73 Å². The van der Waals surface area contributed by atoms with Crippen LogP contribution in [0.25, 0.3) is 0 Å². The zero-order valence-electron chi connectivity index (χ0n) is 9.31. The molecule has 0 heterocycles. The minimum absolute atomic E-state index is 0.363. The molecule has 0 aromatic heterocycles. The molecule has 0 bridgehead atoms. The maximum atomic E-state index is 5.80. The van der Waals surface area contributed by atoms with Gasteiger partial charge < -0.3 is 15.2 Å². The number of amidine groups is 1. The van der Waals surface area contributed by atoms with Gasteiger partial charge in [-0.25, -0.2) is 0 Å². The summed E-state index contributed by atoms with van der Waals surface area (Å²) in [6.45, 7) is 0.363. The van der Waals surface area contributed by atoms with Crippen LogP contribution >= 0.6 is 11.6 Å². The van der Waals surface area contributed by atoms with Crippen molar-refractivity contribution in [2.24, 2.45) is 10.7 Å². The largest absolute Gasteiger partial charge is 0.384 e. The van der Waals surface area contributed by atoms with Gasteiger partial charge in [-0.3, -0.25) is 4.99 Å². The highest BCUT2D eigenvalue weighted by atomic mass is 35.5. The number of methoxy groups -OCH3 is 2. The molecule has 0 atom stereocenters. The average Bonchev–Trinajstić information content (AvgIpc) is 2.31. The van der Waals surface area contributed by atoms with E-state index in [1.54, 1.807) is 26.4 Å². The molecule has 2 N–H and O–H groups in total. The number of halogens is 1. The lowest BCUT2D eigenvalue weighted by Crippen LogP contribution is -2.21. The van der Waals surface area contributed by atoms with Crippen molar-refractivity contribution in [1.29, 1.82) is 0 Å². The Morgan fingerprint density at radius 1 is 1.31 bits per heavy atom. The minimum Gasteiger partial charge on any atom is -0.384 e. The first-order valence-electron chi connectivity index (χ1n) is 4.79. The molecular formula is C11H15ClN2O2. The summed E-state index contributed by atoms with van der Waals surface area (Å²) < 4.78 is 10.00. The molecule has 16 heavy (non-hydrogen) atoms. The molecule has 0 aliphatic rings. The Balaban J connectivity index is 2.66. The van der Waals surface area contributed by atoms with E-state index in [1.165, 1.54) is 0 Å². The summed E-state index contributed by atoms with van der Waals surface area (Å²) >= 11 is 5.77. The molecular weight excluding hydrogens is 228 g/mol. The molecule has 4 nitrogen and oxygen atoms in total. The van der Waals surface area contributed by atoms with Gasteiger partial charge in [-0.15, -0.1) is 0 Å². The van der Waals surface area contributed by atoms with Gasteiger partial charge in [0.05, 0.1) is 6.54 Å². The number of nitrogens with zero attached hydrogens (tertiary/aromatic N) is 1. The van der Waals surface area contributed by atoms with Gasteiger partial charge in [0, 0.05) is 24.8 Å². The Morgan fingerprint density at radius 3 is 2.38 bits per heavy atom. The summed E-state index contributed by atoms with van der Waals surface area (Å²) in [5.41, 5.74) is 6.63. The Morgan fingerprint density at radius 2 is 1.88 bits per heavy atom. The molecule has 0 unspecified atom stereocenters. The van der Waals surface area contributed by atoms with Crippen molar-refractivity contribution in [3.8, 4) is 0 Å². The fourth-order valence-corrected chi connectivity index (χ4v) is 1.26. The first-order chi connectivity index (χ1) is 7.67. The molecule has 0 spiro atoms. The number of hydrogen-bond donors (Lipinski definition) is 1. The van der Waals surface area contributed by atoms with E-state index in [0.717, 1.165) is 5.56 Å². The summed E-state index contributed by atoms with van der Waals surface area (Å²) in [5, 5.41) is 0.670. The van der Waals surface area contributed by atoms with E-state index < -0.39 is 0 Å². The van der Waals surface area contributed by atoms with Crippen LogP contribution in [0.3, 0.4) is 0 Å². The third kappa shape index (κ3) is 3.81. The first-order valence-corrected chi connectivity index (χ1v) is 5.16. The lowest BCUT2D eigenvalue weighted by atomic mass is 10.2. The summed E-state index contributed by atoms with van der Waals surface area (Å²) in [6, 6.07) is 7.17. The van der Waals surface area contributed by atoms with E-state index in [4.69, 9.17) is 26.8 Å². The number of nitrogens with two attached hydrogens (primary N) is 1. The zero-order chi connectivity index (χ0) is 12.0. The number of hydrogen-bond acceptors (Lipinski definition) is 3. The van der Waals surface area contributed by atoms with Crippen molar-refractivity contribution in [2.45, 2.75) is 6.29 Å². The van der Waals surface area contributed by atoms with Crippen LogP contribution in [0, 0.1) is 0 Å². The minimum atomic E-state index is -0.370. The van der Waals surface area contributed by atoms with Crippen LogP contribution in [0.15, 0.2) is 29.3 Å². The van der Waals surface area contributed by atoms with Crippen molar-refractivity contribution in [3.63, 3.8) is 0 Å². The van der Waals surface area contributed by atoms with Gasteiger partial charge in [-0.1, -0.05) is 11.6 Å². The smallest absolute Gasteiger partial charge is 0.176 e. The Labute approximate surface area is 100 Å². The van der Waals surface area contributed by atoms with Crippen LogP contribution in [0.5, 0.6) is 0 Å². The summed E-state index contributed by atoms with van der Waals surface area (Å²) in [6.07, 6.45) is -0.370. The Hall–Kier alpha value is -1.10. The van der Waals surface area contributed by atoms with E-state index in [-0.39, 0.29) is 6.29 Å². The Kier molecular flexibility index (Phi) is 5.25. The molecule has 0 radical (unpaired) electrons. The fraction of sp³-hybridized carbons (Fsp3) is 0.364. The van der Waals surface area contributed by atoms with Gasteiger partial charge in [0.2, 0.25) is 0 Å². The maximum Gasteiger partial charge on any atom is 0.176 e. The van der Waals surface area contributed by atoms with Crippen LogP contribution in [-0.2, 0) is 9.47 Å². The molecule has 1 rings (SSSR count). The quantitative estimate of drug-likeness (QED) is 0.485. The highest BCUT2D eigenvalue weighted by Crippen LogP contribution is 2.09. The van der Waals surface area contributed by atoms with Gasteiger partial charge in [0.25, 0.3) is 0 Å². The fourth-order valence-electron chi connectivity index (χ4n) is 1.13. The van der Waals surface area contributed by atoms with Crippen LogP contribution in [0.2, 0.25) is 5.02 Å². The molecule has 0 fully saturated rings. The molecule has 5 heteroatoms. The zero-order valence-corrected chi connectivity index (χ0v) is 10.1. The van der Waals surface area contributed by atoms with Crippen molar-refractivity contribution >= 4 is 17.4 Å². The van der Waals surface area contributed by atoms with Crippen molar-refractivity contribution in [2.75, 3.05) is 20.8 Å². The second-order valence-corrected chi connectivity index (χ2v) is 3.57. The average molecular weight is 243 g/mol. The molecule has 0 amide bonds. The van der Waals surface area contributed by atoms with Gasteiger partial charge in [-0.05, 0) is 24.3 Å². The molecule has 1 aromatic rings. The van der Waals surface area contributed by atoms with Crippen molar-refractivity contribution < 1.29 is 9.47 Å². The number of benzene rings is 1. The molecule has 0 saturated heterocycles. The van der Waals surface area contributed by atoms with Gasteiger partial charge in [0.1, 0.15) is 5.84 Å².